The zero-order valence-corrected chi connectivity index (χ0v) is 22.9. The molecule has 196 valence electrons. The quantitative estimate of drug-likeness (QED) is 0.166. The molecule has 0 aliphatic rings. The van der Waals surface area contributed by atoms with Crippen LogP contribution in [0.25, 0.3) is 77.1 Å². The number of benzene rings is 6. The van der Waals surface area contributed by atoms with Crippen molar-refractivity contribution in [2.24, 2.45) is 0 Å². The Balaban J connectivity index is 1.41. The van der Waals surface area contributed by atoms with Crippen molar-refractivity contribution in [3.63, 3.8) is 0 Å². The lowest BCUT2D eigenvalue weighted by Gasteiger charge is -2.19. The summed E-state index contributed by atoms with van der Waals surface area (Å²) in [5.41, 5.74) is 8.81. The maximum atomic E-state index is 4.93. The Bertz CT molecular complexity index is 2200. The molecule has 0 radical (unpaired) electrons. The van der Waals surface area contributed by atoms with Crippen LogP contribution in [0.3, 0.4) is 0 Å². The van der Waals surface area contributed by atoms with Crippen LogP contribution in [0, 0.1) is 0 Å². The van der Waals surface area contributed by atoms with Gasteiger partial charge in [0.25, 0.3) is 0 Å². The van der Waals surface area contributed by atoms with Gasteiger partial charge in [-0.3, -0.25) is 9.97 Å². The largest absolute Gasteiger partial charge is 0.256 e. The smallest absolute Gasteiger partial charge is 0.0702 e. The molecule has 0 unspecified atom stereocenters. The Labute approximate surface area is 244 Å². The summed E-state index contributed by atoms with van der Waals surface area (Å²) in [6.45, 7) is 0. The molecule has 2 aromatic heterocycles. The third-order valence-corrected chi connectivity index (χ3v) is 8.16. The molecule has 0 saturated carbocycles. The van der Waals surface area contributed by atoms with E-state index >= 15 is 0 Å². The van der Waals surface area contributed by atoms with Crippen molar-refractivity contribution >= 4 is 32.3 Å². The van der Waals surface area contributed by atoms with Gasteiger partial charge < -0.3 is 0 Å². The van der Waals surface area contributed by atoms with Gasteiger partial charge in [0.2, 0.25) is 0 Å². The molecular weight excluding hydrogens is 508 g/mol. The fraction of sp³-hybridized carbons (Fsp3) is 0. The Morgan fingerprint density at radius 1 is 0.310 bits per heavy atom. The van der Waals surface area contributed by atoms with E-state index in [0.29, 0.717) is 0 Å². The lowest BCUT2D eigenvalue weighted by molar-refractivity contribution is 1.33. The number of rotatable bonds is 4. The van der Waals surface area contributed by atoms with E-state index in [9.17, 15) is 0 Å². The van der Waals surface area contributed by atoms with Gasteiger partial charge in [-0.25, -0.2) is 0 Å². The molecule has 0 bridgehead atoms. The Hall–Kier alpha value is -5.60. The van der Waals surface area contributed by atoms with Gasteiger partial charge in [0.05, 0.1) is 11.4 Å². The number of hydrogen-bond acceptors (Lipinski definition) is 2. The van der Waals surface area contributed by atoms with Gasteiger partial charge in [-0.1, -0.05) is 133 Å². The van der Waals surface area contributed by atoms with Crippen molar-refractivity contribution in [3.05, 3.63) is 158 Å². The lowest BCUT2D eigenvalue weighted by atomic mass is 9.84. The highest BCUT2D eigenvalue weighted by molar-refractivity contribution is 6.27. The second-order valence-electron chi connectivity index (χ2n) is 10.6. The summed E-state index contributed by atoms with van der Waals surface area (Å²) in [7, 11) is 0. The summed E-state index contributed by atoms with van der Waals surface area (Å²) >= 11 is 0. The van der Waals surface area contributed by atoms with E-state index in [1.807, 2.05) is 24.5 Å². The Morgan fingerprint density at radius 3 is 1.38 bits per heavy atom. The fourth-order valence-corrected chi connectivity index (χ4v) is 6.20. The van der Waals surface area contributed by atoms with E-state index in [0.717, 1.165) is 33.6 Å². The van der Waals surface area contributed by atoms with Gasteiger partial charge in [0, 0.05) is 34.6 Å². The highest BCUT2D eigenvalue weighted by Gasteiger charge is 2.19. The van der Waals surface area contributed by atoms with E-state index < -0.39 is 0 Å². The predicted molar refractivity (Wildman–Crippen MR) is 176 cm³/mol. The van der Waals surface area contributed by atoms with Crippen LogP contribution in [0.1, 0.15) is 0 Å². The summed E-state index contributed by atoms with van der Waals surface area (Å²) in [6.07, 6.45) is 4.05. The zero-order chi connectivity index (χ0) is 27.9. The average Bonchev–Trinajstić information content (AvgIpc) is 3.08. The van der Waals surface area contributed by atoms with Crippen molar-refractivity contribution < 1.29 is 0 Å². The first-order chi connectivity index (χ1) is 20.8. The maximum absolute atomic E-state index is 4.93. The SMILES string of the molecule is c1ccc(-c2ccc(-c3c4ccccc4c(-c4ccc(-c5ccccc5)nc4)c4c3ccc3ccccc34)cn2)cc1. The van der Waals surface area contributed by atoms with E-state index in [1.165, 1.54) is 43.4 Å². The average molecular weight is 535 g/mol. The topological polar surface area (TPSA) is 25.8 Å². The molecule has 0 amide bonds. The zero-order valence-electron chi connectivity index (χ0n) is 22.9. The van der Waals surface area contributed by atoms with Crippen molar-refractivity contribution in [2.45, 2.75) is 0 Å². The maximum Gasteiger partial charge on any atom is 0.0702 e. The second-order valence-corrected chi connectivity index (χ2v) is 10.6. The van der Waals surface area contributed by atoms with Crippen LogP contribution in [0.4, 0.5) is 0 Å². The number of pyridine rings is 2. The van der Waals surface area contributed by atoms with Gasteiger partial charge in [-0.05, 0) is 55.6 Å². The summed E-state index contributed by atoms with van der Waals surface area (Å²) in [5, 5.41) is 7.32. The van der Waals surface area contributed by atoms with Crippen LogP contribution in [-0.2, 0) is 0 Å². The molecule has 2 heteroatoms. The molecule has 0 N–H and O–H groups in total. The molecule has 0 aliphatic heterocycles. The van der Waals surface area contributed by atoms with E-state index in [4.69, 9.17) is 9.97 Å². The van der Waals surface area contributed by atoms with Gasteiger partial charge in [-0.2, -0.15) is 0 Å². The summed E-state index contributed by atoms with van der Waals surface area (Å²) in [5.74, 6) is 0. The molecule has 0 saturated heterocycles. The standard InChI is InChI=1S/C40H26N2/c1-3-12-28(13-4-1)36-23-20-30(25-41-36)38-33-17-9-10-18-34(33)39(40-32-16-8-7-11-27(32)19-22-35(38)40)31-21-24-37(42-26-31)29-14-5-2-6-15-29/h1-26H. The third kappa shape index (κ3) is 4.05. The highest BCUT2D eigenvalue weighted by Crippen LogP contribution is 2.46. The van der Waals surface area contributed by atoms with E-state index in [1.54, 1.807) is 0 Å². The van der Waals surface area contributed by atoms with Crippen LogP contribution in [0.2, 0.25) is 0 Å². The van der Waals surface area contributed by atoms with E-state index in [2.05, 4.69) is 133 Å². The van der Waals surface area contributed by atoms with Crippen LogP contribution >= 0.6 is 0 Å². The monoisotopic (exact) mass is 534 g/mol. The Kier molecular flexibility index (Phi) is 5.82. The van der Waals surface area contributed by atoms with Gasteiger partial charge in [0.1, 0.15) is 0 Å². The van der Waals surface area contributed by atoms with Gasteiger partial charge >= 0.3 is 0 Å². The summed E-state index contributed by atoms with van der Waals surface area (Å²) in [4.78, 5) is 9.84. The highest BCUT2D eigenvalue weighted by atomic mass is 14.7. The fourth-order valence-electron chi connectivity index (χ4n) is 6.20. The van der Waals surface area contributed by atoms with Crippen molar-refractivity contribution in [1.82, 2.24) is 9.97 Å². The van der Waals surface area contributed by atoms with Gasteiger partial charge in [-0.15, -0.1) is 0 Å². The molecule has 8 aromatic rings. The molecule has 2 nitrogen and oxygen atoms in total. The number of fused-ring (bicyclic) bond motifs is 4. The molecule has 0 aliphatic carbocycles. The molecule has 0 fully saturated rings. The van der Waals surface area contributed by atoms with E-state index in [-0.39, 0.29) is 0 Å². The first-order valence-corrected chi connectivity index (χ1v) is 14.2. The molecule has 6 aromatic carbocycles. The normalized spacial score (nSPS) is 11.3. The van der Waals surface area contributed by atoms with Crippen molar-refractivity contribution in [1.29, 1.82) is 0 Å². The van der Waals surface area contributed by atoms with Crippen molar-refractivity contribution in [2.75, 3.05) is 0 Å². The summed E-state index contributed by atoms with van der Waals surface area (Å²) in [6, 6.07) is 51.3. The number of aromatic nitrogens is 2. The first kappa shape index (κ1) is 24.2. The minimum absolute atomic E-state index is 0.971. The number of nitrogens with zero attached hydrogens (tertiary/aromatic N) is 2. The molecule has 2 heterocycles. The second kappa shape index (κ2) is 10.1. The predicted octanol–water partition coefficient (Wildman–Crippen LogP) is 10.6. The molecule has 0 spiro atoms. The molecule has 0 atom stereocenters. The van der Waals surface area contributed by atoms with Crippen LogP contribution in [0.5, 0.6) is 0 Å². The minimum Gasteiger partial charge on any atom is -0.256 e. The van der Waals surface area contributed by atoms with Crippen LogP contribution < -0.4 is 0 Å². The first-order valence-electron chi connectivity index (χ1n) is 14.2. The molecule has 42 heavy (non-hydrogen) atoms. The number of hydrogen-bond donors (Lipinski definition) is 0. The molecular formula is C40H26N2. The Morgan fingerprint density at radius 2 is 0.810 bits per heavy atom. The minimum atomic E-state index is 0.971. The van der Waals surface area contributed by atoms with Crippen molar-refractivity contribution in [3.8, 4) is 44.8 Å². The third-order valence-electron chi connectivity index (χ3n) is 8.16. The van der Waals surface area contributed by atoms with Gasteiger partial charge in [0.15, 0.2) is 0 Å². The summed E-state index contributed by atoms with van der Waals surface area (Å²) < 4.78 is 0. The van der Waals surface area contributed by atoms with Crippen LogP contribution in [-0.4, -0.2) is 9.97 Å². The van der Waals surface area contributed by atoms with Crippen LogP contribution in [0.15, 0.2) is 158 Å². The lowest BCUT2D eigenvalue weighted by Crippen LogP contribution is -1.93. The molecule has 8 rings (SSSR count).